The summed E-state index contributed by atoms with van der Waals surface area (Å²) in [5.41, 5.74) is 3.87. The van der Waals surface area contributed by atoms with E-state index >= 15 is 0 Å². The van der Waals surface area contributed by atoms with Gasteiger partial charge in [-0.1, -0.05) is 29.3 Å². The largest absolute Gasteiger partial charge is 0.324 e. The summed E-state index contributed by atoms with van der Waals surface area (Å²) in [6.45, 7) is 2.94. The van der Waals surface area contributed by atoms with Gasteiger partial charge in [0.25, 0.3) is 0 Å². The first-order valence-electron chi connectivity index (χ1n) is 7.38. The molecular weight excluding hydrogens is 329 g/mol. The lowest BCUT2D eigenvalue weighted by Gasteiger charge is -2.06. The predicted molar refractivity (Wildman–Crippen MR) is 96.2 cm³/mol. The summed E-state index contributed by atoms with van der Waals surface area (Å²) in [5, 5.41) is 2.34. The van der Waals surface area contributed by atoms with Crippen LogP contribution in [0, 0.1) is 0 Å². The Balaban J connectivity index is 2.05. The standard InChI is InChI=1S/C18H13Cl2N3/c1-2-23-15-8-5-12-9-14(20)10-21-16(12)17(15)22-18(23)11-3-6-13(19)7-4-11/h3-10H,2H2,1H3. The molecule has 0 bridgehead atoms. The fourth-order valence-corrected chi connectivity index (χ4v) is 3.19. The van der Waals surface area contributed by atoms with Gasteiger partial charge >= 0.3 is 0 Å². The van der Waals surface area contributed by atoms with Crippen LogP contribution in [0.4, 0.5) is 0 Å². The lowest BCUT2D eigenvalue weighted by Crippen LogP contribution is -1.97. The van der Waals surface area contributed by atoms with Crippen molar-refractivity contribution in [2.24, 2.45) is 0 Å². The van der Waals surface area contributed by atoms with Gasteiger partial charge in [-0.15, -0.1) is 0 Å². The van der Waals surface area contributed by atoms with Crippen molar-refractivity contribution in [1.82, 2.24) is 14.5 Å². The Morgan fingerprint density at radius 2 is 1.74 bits per heavy atom. The van der Waals surface area contributed by atoms with Gasteiger partial charge in [0.15, 0.2) is 0 Å². The lowest BCUT2D eigenvalue weighted by molar-refractivity contribution is 0.796. The molecule has 0 amide bonds. The van der Waals surface area contributed by atoms with Crippen LogP contribution in [0.3, 0.4) is 0 Å². The molecule has 2 heterocycles. The van der Waals surface area contributed by atoms with E-state index in [1.54, 1.807) is 6.20 Å². The Morgan fingerprint density at radius 3 is 2.48 bits per heavy atom. The van der Waals surface area contributed by atoms with Gasteiger partial charge in [-0.3, -0.25) is 4.98 Å². The van der Waals surface area contributed by atoms with E-state index in [-0.39, 0.29) is 0 Å². The molecule has 5 heteroatoms. The Labute approximate surface area is 143 Å². The van der Waals surface area contributed by atoms with Crippen LogP contribution in [0.25, 0.3) is 33.3 Å². The highest BCUT2D eigenvalue weighted by Gasteiger charge is 2.14. The number of hydrogen-bond acceptors (Lipinski definition) is 2. The van der Waals surface area contributed by atoms with Crippen molar-refractivity contribution in [2.75, 3.05) is 0 Å². The monoisotopic (exact) mass is 341 g/mol. The molecule has 114 valence electrons. The van der Waals surface area contributed by atoms with Gasteiger partial charge < -0.3 is 4.57 Å². The van der Waals surface area contributed by atoms with Crippen molar-refractivity contribution < 1.29 is 0 Å². The molecule has 0 unspecified atom stereocenters. The van der Waals surface area contributed by atoms with Gasteiger partial charge in [-0.05, 0) is 43.3 Å². The molecule has 4 aromatic rings. The molecule has 0 aliphatic rings. The lowest BCUT2D eigenvalue weighted by atomic mass is 10.2. The van der Waals surface area contributed by atoms with Crippen molar-refractivity contribution >= 4 is 45.1 Å². The SMILES string of the molecule is CCn1c(-c2ccc(Cl)cc2)nc2c3ncc(Cl)cc3ccc21. The van der Waals surface area contributed by atoms with Gasteiger partial charge in [-0.2, -0.15) is 0 Å². The summed E-state index contributed by atoms with van der Waals surface area (Å²) in [6, 6.07) is 13.8. The quantitative estimate of drug-likeness (QED) is 0.476. The number of halogens is 2. The number of fused-ring (bicyclic) bond motifs is 3. The first kappa shape index (κ1) is 14.5. The third-order valence-corrected chi connectivity index (χ3v) is 4.41. The zero-order valence-corrected chi connectivity index (χ0v) is 13.9. The highest BCUT2D eigenvalue weighted by molar-refractivity contribution is 6.31. The van der Waals surface area contributed by atoms with E-state index in [4.69, 9.17) is 28.2 Å². The minimum atomic E-state index is 0.629. The molecule has 2 aromatic heterocycles. The maximum atomic E-state index is 6.04. The van der Waals surface area contributed by atoms with E-state index < -0.39 is 0 Å². The van der Waals surface area contributed by atoms with E-state index in [9.17, 15) is 0 Å². The number of aryl methyl sites for hydroxylation is 1. The fourth-order valence-electron chi connectivity index (χ4n) is 2.90. The second-order valence-corrected chi connectivity index (χ2v) is 6.22. The Bertz CT molecular complexity index is 1020. The summed E-state index contributed by atoms with van der Waals surface area (Å²) < 4.78 is 2.19. The molecule has 0 fully saturated rings. The number of imidazole rings is 1. The third kappa shape index (κ3) is 2.37. The number of hydrogen-bond donors (Lipinski definition) is 0. The maximum Gasteiger partial charge on any atom is 0.141 e. The number of rotatable bonds is 2. The topological polar surface area (TPSA) is 30.7 Å². The van der Waals surface area contributed by atoms with E-state index in [1.807, 2.05) is 36.4 Å². The van der Waals surface area contributed by atoms with Crippen molar-refractivity contribution in [3.63, 3.8) is 0 Å². The summed E-state index contributed by atoms with van der Waals surface area (Å²) in [6.07, 6.45) is 1.66. The van der Waals surface area contributed by atoms with Gasteiger partial charge in [-0.25, -0.2) is 4.98 Å². The Morgan fingerprint density at radius 1 is 0.957 bits per heavy atom. The first-order valence-corrected chi connectivity index (χ1v) is 8.13. The number of nitrogens with zero attached hydrogens (tertiary/aromatic N) is 3. The predicted octanol–water partition coefficient (Wildman–Crippen LogP) is 5.58. The van der Waals surface area contributed by atoms with Gasteiger partial charge in [0.2, 0.25) is 0 Å². The normalized spacial score (nSPS) is 11.4. The smallest absolute Gasteiger partial charge is 0.141 e. The van der Waals surface area contributed by atoms with Crippen molar-refractivity contribution in [1.29, 1.82) is 0 Å². The molecule has 3 nitrogen and oxygen atoms in total. The second-order valence-electron chi connectivity index (χ2n) is 5.35. The van der Waals surface area contributed by atoms with Crippen molar-refractivity contribution in [2.45, 2.75) is 13.5 Å². The molecule has 0 spiro atoms. The molecule has 0 aliphatic heterocycles. The van der Waals surface area contributed by atoms with Crippen LogP contribution in [0.2, 0.25) is 10.0 Å². The van der Waals surface area contributed by atoms with Gasteiger partial charge in [0.05, 0.1) is 16.1 Å². The van der Waals surface area contributed by atoms with Crippen LogP contribution < -0.4 is 0 Å². The molecule has 0 radical (unpaired) electrons. The molecule has 0 saturated heterocycles. The molecule has 0 aliphatic carbocycles. The maximum absolute atomic E-state index is 6.04. The van der Waals surface area contributed by atoms with Crippen LogP contribution in [0.1, 0.15) is 6.92 Å². The van der Waals surface area contributed by atoms with E-state index in [0.717, 1.165) is 44.9 Å². The van der Waals surface area contributed by atoms with Crippen LogP contribution in [0.5, 0.6) is 0 Å². The zero-order chi connectivity index (χ0) is 16.0. The fraction of sp³-hybridized carbons (Fsp3) is 0.111. The van der Waals surface area contributed by atoms with E-state index in [1.165, 1.54) is 0 Å². The second kappa shape index (κ2) is 5.52. The Kier molecular flexibility index (Phi) is 3.47. The minimum Gasteiger partial charge on any atom is -0.324 e. The number of aromatic nitrogens is 3. The highest BCUT2D eigenvalue weighted by Crippen LogP contribution is 2.30. The summed E-state index contributed by atoms with van der Waals surface area (Å²) in [4.78, 5) is 9.33. The van der Waals surface area contributed by atoms with Crippen LogP contribution >= 0.6 is 23.2 Å². The van der Waals surface area contributed by atoms with E-state index in [0.29, 0.717) is 5.02 Å². The van der Waals surface area contributed by atoms with E-state index in [2.05, 4.69) is 22.5 Å². The minimum absolute atomic E-state index is 0.629. The van der Waals surface area contributed by atoms with Crippen molar-refractivity contribution in [3.8, 4) is 11.4 Å². The summed E-state index contributed by atoms with van der Waals surface area (Å²) in [7, 11) is 0. The molecule has 0 saturated carbocycles. The third-order valence-electron chi connectivity index (χ3n) is 3.95. The zero-order valence-electron chi connectivity index (χ0n) is 12.4. The molecule has 0 atom stereocenters. The average molecular weight is 342 g/mol. The molecule has 0 N–H and O–H groups in total. The average Bonchev–Trinajstić information content (AvgIpc) is 2.94. The highest BCUT2D eigenvalue weighted by atomic mass is 35.5. The first-order chi connectivity index (χ1) is 11.2. The molecule has 4 rings (SSSR count). The Hall–Kier alpha value is -2.10. The number of benzene rings is 2. The number of pyridine rings is 1. The summed E-state index contributed by atoms with van der Waals surface area (Å²) >= 11 is 12.0. The molecular formula is C18H13Cl2N3. The van der Waals surface area contributed by atoms with Gasteiger partial charge in [0, 0.05) is 28.7 Å². The van der Waals surface area contributed by atoms with Crippen LogP contribution in [0.15, 0.2) is 48.7 Å². The van der Waals surface area contributed by atoms with Crippen LogP contribution in [-0.2, 0) is 6.54 Å². The summed E-state index contributed by atoms with van der Waals surface area (Å²) in [5.74, 6) is 0.920. The molecule has 23 heavy (non-hydrogen) atoms. The van der Waals surface area contributed by atoms with Crippen LogP contribution in [-0.4, -0.2) is 14.5 Å². The van der Waals surface area contributed by atoms with Crippen molar-refractivity contribution in [3.05, 3.63) is 58.7 Å². The molecule has 2 aromatic carbocycles. The van der Waals surface area contributed by atoms with Gasteiger partial charge in [0.1, 0.15) is 11.3 Å².